The van der Waals surface area contributed by atoms with Crippen LogP contribution in [0.5, 0.6) is 0 Å². The lowest BCUT2D eigenvalue weighted by atomic mass is 9.98. The summed E-state index contributed by atoms with van der Waals surface area (Å²) in [4.78, 5) is 7.04. The third-order valence-electron chi connectivity index (χ3n) is 6.18. The maximum absolute atomic E-state index is 11.6. The lowest BCUT2D eigenvalue weighted by molar-refractivity contribution is 0.161. The van der Waals surface area contributed by atoms with Crippen molar-refractivity contribution in [1.29, 1.82) is 0 Å². The first kappa shape index (κ1) is 23.4. The molecule has 0 radical (unpaired) electrons. The number of rotatable bonds is 7. The molecule has 0 spiro atoms. The van der Waals surface area contributed by atoms with Gasteiger partial charge in [-0.25, -0.2) is 12.7 Å². The standard InChI is InChI=1S/C20H41N5O2S/c1-17(2)19(24-11-7-5-6-8-12-24)16-23-20(21-3)22-15-18-9-13-25(14-10-18)28(4,26)27/h17-19H,5-16H2,1-4H3,(H2,21,22,23). The minimum absolute atomic E-state index is 0.489. The number of piperidine rings is 1. The van der Waals surface area contributed by atoms with Gasteiger partial charge in [-0.3, -0.25) is 9.89 Å². The smallest absolute Gasteiger partial charge is 0.211 e. The highest BCUT2D eigenvalue weighted by molar-refractivity contribution is 7.88. The molecule has 2 heterocycles. The van der Waals surface area contributed by atoms with Crippen LogP contribution in [0.4, 0.5) is 0 Å². The van der Waals surface area contributed by atoms with E-state index in [-0.39, 0.29) is 0 Å². The highest BCUT2D eigenvalue weighted by Crippen LogP contribution is 2.19. The van der Waals surface area contributed by atoms with Gasteiger partial charge in [0.25, 0.3) is 0 Å². The summed E-state index contributed by atoms with van der Waals surface area (Å²) in [7, 11) is -1.24. The lowest BCUT2D eigenvalue weighted by Crippen LogP contribution is -2.50. The largest absolute Gasteiger partial charge is 0.356 e. The van der Waals surface area contributed by atoms with Crippen molar-refractivity contribution in [2.24, 2.45) is 16.8 Å². The van der Waals surface area contributed by atoms with Crippen molar-refractivity contribution in [3.8, 4) is 0 Å². The number of likely N-dealkylation sites (tertiary alicyclic amines) is 1. The molecule has 0 bridgehead atoms. The van der Waals surface area contributed by atoms with Crippen molar-refractivity contribution < 1.29 is 8.42 Å². The van der Waals surface area contributed by atoms with Crippen molar-refractivity contribution in [3.05, 3.63) is 0 Å². The summed E-state index contributed by atoms with van der Waals surface area (Å²) in [5, 5.41) is 6.99. The van der Waals surface area contributed by atoms with Crippen LogP contribution in [0.1, 0.15) is 52.4 Å². The van der Waals surface area contributed by atoms with Gasteiger partial charge in [-0.2, -0.15) is 0 Å². The molecule has 28 heavy (non-hydrogen) atoms. The summed E-state index contributed by atoms with van der Waals surface area (Å²) in [5.74, 6) is 1.94. The minimum atomic E-state index is -3.05. The van der Waals surface area contributed by atoms with E-state index in [9.17, 15) is 8.42 Å². The van der Waals surface area contributed by atoms with Crippen LogP contribution in [-0.2, 0) is 10.0 Å². The molecule has 2 rings (SSSR count). The van der Waals surface area contributed by atoms with Gasteiger partial charge in [-0.1, -0.05) is 26.7 Å². The van der Waals surface area contributed by atoms with Crippen molar-refractivity contribution in [2.45, 2.75) is 58.4 Å². The highest BCUT2D eigenvalue weighted by Gasteiger charge is 2.25. The van der Waals surface area contributed by atoms with E-state index in [1.54, 1.807) is 4.31 Å². The summed E-state index contributed by atoms with van der Waals surface area (Å²) >= 11 is 0. The van der Waals surface area contributed by atoms with Crippen LogP contribution in [0.2, 0.25) is 0 Å². The number of sulfonamides is 1. The van der Waals surface area contributed by atoms with Crippen LogP contribution >= 0.6 is 0 Å². The molecule has 7 nitrogen and oxygen atoms in total. The van der Waals surface area contributed by atoms with Crippen molar-refractivity contribution in [3.63, 3.8) is 0 Å². The summed E-state index contributed by atoms with van der Waals surface area (Å²) < 4.78 is 24.9. The summed E-state index contributed by atoms with van der Waals surface area (Å²) in [6, 6.07) is 0.523. The Morgan fingerprint density at radius 3 is 2.14 bits per heavy atom. The third kappa shape index (κ3) is 7.52. The molecule has 8 heteroatoms. The number of nitrogens with one attached hydrogen (secondary N) is 2. The van der Waals surface area contributed by atoms with Gasteiger partial charge >= 0.3 is 0 Å². The zero-order chi connectivity index (χ0) is 20.6. The van der Waals surface area contributed by atoms with Crippen LogP contribution < -0.4 is 10.6 Å². The van der Waals surface area contributed by atoms with Gasteiger partial charge in [0.2, 0.25) is 10.0 Å². The second-order valence-corrected chi connectivity index (χ2v) is 10.7. The number of nitrogens with zero attached hydrogens (tertiary/aromatic N) is 3. The molecule has 2 aliphatic rings. The molecule has 2 N–H and O–H groups in total. The molecule has 0 aromatic rings. The SMILES string of the molecule is CN=C(NCC1CCN(S(C)(=O)=O)CC1)NCC(C(C)C)N1CCCCCC1. The van der Waals surface area contributed by atoms with E-state index in [0.29, 0.717) is 31.0 Å². The molecular weight excluding hydrogens is 374 g/mol. The Labute approximate surface area is 172 Å². The van der Waals surface area contributed by atoms with Gasteiger partial charge in [0, 0.05) is 39.3 Å². The quantitative estimate of drug-likeness (QED) is 0.489. The second-order valence-electron chi connectivity index (χ2n) is 8.70. The maximum atomic E-state index is 11.6. The van der Waals surface area contributed by atoms with Crippen LogP contribution in [0.25, 0.3) is 0 Å². The highest BCUT2D eigenvalue weighted by atomic mass is 32.2. The van der Waals surface area contributed by atoms with E-state index in [2.05, 4.69) is 34.4 Å². The number of guanidine groups is 1. The topological polar surface area (TPSA) is 77.0 Å². The average Bonchev–Trinajstić information content (AvgIpc) is 2.93. The number of hydrogen-bond donors (Lipinski definition) is 2. The molecule has 2 fully saturated rings. The predicted molar refractivity (Wildman–Crippen MR) is 117 cm³/mol. The predicted octanol–water partition coefficient (Wildman–Crippen LogP) is 1.72. The first-order valence-corrected chi connectivity index (χ1v) is 12.8. The number of aliphatic imine (C=N–C) groups is 1. The fourth-order valence-electron chi connectivity index (χ4n) is 4.32. The van der Waals surface area contributed by atoms with Crippen LogP contribution in [0, 0.1) is 11.8 Å². The molecular formula is C20H41N5O2S. The normalized spacial score (nSPS) is 22.8. The van der Waals surface area contributed by atoms with E-state index in [1.807, 2.05) is 7.05 Å². The second kappa shape index (κ2) is 11.4. The Kier molecular flexibility index (Phi) is 9.50. The molecule has 0 saturated carbocycles. The van der Waals surface area contributed by atoms with Crippen molar-refractivity contribution >= 4 is 16.0 Å². The van der Waals surface area contributed by atoms with Crippen LogP contribution in [0.15, 0.2) is 4.99 Å². The molecule has 0 aromatic heterocycles. The Hall–Kier alpha value is -0.860. The van der Waals surface area contributed by atoms with Crippen molar-refractivity contribution in [2.75, 3.05) is 52.6 Å². The van der Waals surface area contributed by atoms with E-state index >= 15 is 0 Å². The van der Waals surface area contributed by atoms with Gasteiger partial charge in [0.15, 0.2) is 5.96 Å². The molecule has 0 aliphatic carbocycles. The first-order valence-electron chi connectivity index (χ1n) is 10.9. The van der Waals surface area contributed by atoms with E-state index < -0.39 is 10.0 Å². The molecule has 1 atom stereocenters. The van der Waals surface area contributed by atoms with Gasteiger partial charge in [0.05, 0.1) is 6.26 Å². The monoisotopic (exact) mass is 415 g/mol. The maximum Gasteiger partial charge on any atom is 0.211 e. The molecule has 0 aromatic carbocycles. The van der Waals surface area contributed by atoms with E-state index in [1.165, 1.54) is 45.0 Å². The fourth-order valence-corrected chi connectivity index (χ4v) is 5.20. The third-order valence-corrected chi connectivity index (χ3v) is 7.49. The fraction of sp³-hybridized carbons (Fsp3) is 0.950. The summed E-state index contributed by atoms with van der Waals surface area (Å²) in [5.41, 5.74) is 0. The molecule has 0 amide bonds. The van der Waals surface area contributed by atoms with Gasteiger partial charge < -0.3 is 10.6 Å². The molecule has 2 saturated heterocycles. The van der Waals surface area contributed by atoms with Gasteiger partial charge in [0.1, 0.15) is 0 Å². The van der Waals surface area contributed by atoms with Gasteiger partial charge in [-0.15, -0.1) is 0 Å². The van der Waals surface area contributed by atoms with Crippen LogP contribution in [0.3, 0.4) is 0 Å². The van der Waals surface area contributed by atoms with E-state index in [4.69, 9.17) is 0 Å². The zero-order valence-electron chi connectivity index (χ0n) is 18.3. The summed E-state index contributed by atoms with van der Waals surface area (Å²) in [6.45, 7) is 10.0. The number of hydrogen-bond acceptors (Lipinski definition) is 4. The average molecular weight is 416 g/mol. The molecule has 164 valence electrons. The van der Waals surface area contributed by atoms with Gasteiger partial charge in [-0.05, 0) is 50.6 Å². The van der Waals surface area contributed by atoms with E-state index in [0.717, 1.165) is 31.9 Å². The summed E-state index contributed by atoms with van der Waals surface area (Å²) in [6.07, 6.45) is 8.43. The zero-order valence-corrected chi connectivity index (χ0v) is 19.1. The Balaban J connectivity index is 1.77. The minimum Gasteiger partial charge on any atom is -0.356 e. The van der Waals surface area contributed by atoms with Crippen LogP contribution in [-0.4, -0.2) is 82.2 Å². The Morgan fingerprint density at radius 1 is 1.04 bits per heavy atom. The first-order chi connectivity index (χ1) is 13.3. The Bertz CT molecular complexity index is 577. The molecule has 1 unspecified atom stereocenters. The lowest BCUT2D eigenvalue weighted by Gasteiger charge is -2.34. The van der Waals surface area contributed by atoms with Crippen molar-refractivity contribution in [1.82, 2.24) is 19.8 Å². The molecule has 2 aliphatic heterocycles. The Morgan fingerprint density at radius 2 is 1.64 bits per heavy atom.